The van der Waals surface area contributed by atoms with Crippen molar-refractivity contribution in [1.82, 2.24) is 10.6 Å². The van der Waals surface area contributed by atoms with Crippen LogP contribution < -0.4 is 10.6 Å². The van der Waals surface area contributed by atoms with Gasteiger partial charge >= 0.3 is 6.03 Å². The minimum atomic E-state index is -0.148. The van der Waals surface area contributed by atoms with E-state index >= 15 is 0 Å². The zero-order chi connectivity index (χ0) is 9.68. The number of rotatable bonds is 4. The molecule has 13 heavy (non-hydrogen) atoms. The van der Waals surface area contributed by atoms with Crippen LogP contribution in [0.15, 0.2) is 0 Å². The summed E-state index contributed by atoms with van der Waals surface area (Å²) in [4.78, 5) is 11.2. The molecule has 0 unspecified atom stereocenters. The first-order chi connectivity index (χ1) is 6.26. The van der Waals surface area contributed by atoms with E-state index in [0.29, 0.717) is 6.04 Å². The predicted molar refractivity (Wildman–Crippen MR) is 50.5 cm³/mol. The summed E-state index contributed by atoms with van der Waals surface area (Å²) >= 11 is 0. The maximum atomic E-state index is 11.2. The molecule has 0 radical (unpaired) electrons. The number of aliphatic hydroxyl groups is 1. The Morgan fingerprint density at radius 2 is 2.31 bits per heavy atom. The van der Waals surface area contributed by atoms with E-state index in [1.54, 1.807) is 0 Å². The number of urea groups is 1. The second-order valence-electron chi connectivity index (χ2n) is 3.53. The Morgan fingerprint density at radius 3 is 2.69 bits per heavy atom. The summed E-state index contributed by atoms with van der Waals surface area (Å²) in [6.07, 6.45) is 4.14. The van der Waals surface area contributed by atoms with Crippen molar-refractivity contribution >= 4 is 6.03 Å². The molecule has 1 saturated carbocycles. The maximum Gasteiger partial charge on any atom is 0.315 e. The summed E-state index contributed by atoms with van der Waals surface area (Å²) in [5.74, 6) is 0. The molecule has 1 atom stereocenters. The van der Waals surface area contributed by atoms with Crippen molar-refractivity contribution in [3.8, 4) is 0 Å². The molecule has 0 bridgehead atoms. The highest BCUT2D eigenvalue weighted by Gasteiger charge is 2.20. The molecular formula is C9H18N2O2. The fraction of sp³-hybridized carbons (Fsp3) is 0.889. The molecule has 1 aliphatic carbocycles. The second-order valence-corrected chi connectivity index (χ2v) is 3.53. The molecule has 2 amide bonds. The van der Waals surface area contributed by atoms with Gasteiger partial charge in [0.25, 0.3) is 0 Å². The molecule has 0 spiro atoms. The summed E-state index contributed by atoms with van der Waals surface area (Å²) in [6, 6.07) is 0.0990. The van der Waals surface area contributed by atoms with Gasteiger partial charge in [0, 0.05) is 6.04 Å². The largest absolute Gasteiger partial charge is 0.394 e. The Hall–Kier alpha value is -0.770. The van der Waals surface area contributed by atoms with E-state index in [0.717, 1.165) is 19.3 Å². The highest BCUT2D eigenvalue weighted by molar-refractivity contribution is 5.74. The van der Waals surface area contributed by atoms with Crippen molar-refractivity contribution in [2.24, 2.45) is 0 Å². The Balaban J connectivity index is 2.14. The van der Waals surface area contributed by atoms with Crippen LogP contribution in [0.25, 0.3) is 0 Å². The van der Waals surface area contributed by atoms with Crippen LogP contribution in [-0.2, 0) is 0 Å². The van der Waals surface area contributed by atoms with Crippen molar-refractivity contribution in [1.29, 1.82) is 0 Å². The lowest BCUT2D eigenvalue weighted by Crippen LogP contribution is -2.49. The summed E-state index contributed by atoms with van der Waals surface area (Å²) in [5, 5.41) is 14.4. The lowest BCUT2D eigenvalue weighted by molar-refractivity contribution is 0.206. The van der Waals surface area contributed by atoms with E-state index in [1.807, 2.05) is 6.92 Å². The number of aliphatic hydroxyl groups excluding tert-OH is 1. The fourth-order valence-corrected chi connectivity index (χ4v) is 1.24. The van der Waals surface area contributed by atoms with E-state index in [4.69, 9.17) is 5.11 Å². The average molecular weight is 186 g/mol. The van der Waals surface area contributed by atoms with Crippen LogP contribution in [0.3, 0.4) is 0 Å². The molecule has 4 nitrogen and oxygen atoms in total. The lowest BCUT2D eigenvalue weighted by atomic mass is 9.93. The molecule has 76 valence electrons. The third kappa shape index (κ3) is 3.22. The van der Waals surface area contributed by atoms with Crippen molar-refractivity contribution in [2.75, 3.05) is 6.61 Å². The van der Waals surface area contributed by atoms with Gasteiger partial charge in [0.2, 0.25) is 0 Å². The first-order valence-electron chi connectivity index (χ1n) is 4.94. The van der Waals surface area contributed by atoms with Crippen LogP contribution in [0.1, 0.15) is 32.6 Å². The molecule has 0 aliphatic heterocycles. The van der Waals surface area contributed by atoms with Crippen molar-refractivity contribution in [3.05, 3.63) is 0 Å². The molecular weight excluding hydrogens is 168 g/mol. The van der Waals surface area contributed by atoms with Gasteiger partial charge in [-0.05, 0) is 25.7 Å². The Kier molecular flexibility index (Phi) is 4.02. The predicted octanol–water partition coefficient (Wildman–Crippen LogP) is 0.609. The topological polar surface area (TPSA) is 61.4 Å². The molecule has 1 fully saturated rings. The summed E-state index contributed by atoms with van der Waals surface area (Å²) in [5.41, 5.74) is 0. The van der Waals surface area contributed by atoms with Gasteiger partial charge in [0.05, 0.1) is 12.6 Å². The van der Waals surface area contributed by atoms with Crippen LogP contribution in [0.4, 0.5) is 4.79 Å². The van der Waals surface area contributed by atoms with E-state index in [2.05, 4.69) is 10.6 Å². The number of carbonyl (C=O) groups excluding carboxylic acids is 1. The highest BCUT2D eigenvalue weighted by Crippen LogP contribution is 2.17. The number of amides is 2. The van der Waals surface area contributed by atoms with Crippen LogP contribution in [0.5, 0.6) is 0 Å². The van der Waals surface area contributed by atoms with Crippen molar-refractivity contribution in [2.45, 2.75) is 44.7 Å². The molecule has 0 aromatic carbocycles. The Labute approximate surface area is 78.7 Å². The van der Waals surface area contributed by atoms with Gasteiger partial charge in [0.1, 0.15) is 0 Å². The Morgan fingerprint density at radius 1 is 1.62 bits per heavy atom. The molecule has 1 aliphatic rings. The molecule has 0 aromatic rings. The third-order valence-electron chi connectivity index (χ3n) is 2.49. The average Bonchev–Trinajstić information content (AvgIpc) is 2.07. The van der Waals surface area contributed by atoms with Gasteiger partial charge in [0.15, 0.2) is 0 Å². The molecule has 0 heterocycles. The first kappa shape index (κ1) is 10.3. The monoisotopic (exact) mass is 186 g/mol. The van der Waals surface area contributed by atoms with Crippen molar-refractivity contribution in [3.63, 3.8) is 0 Å². The summed E-state index contributed by atoms with van der Waals surface area (Å²) in [6.45, 7) is 1.94. The summed E-state index contributed by atoms with van der Waals surface area (Å²) in [7, 11) is 0. The Bertz CT molecular complexity index is 165. The smallest absolute Gasteiger partial charge is 0.315 e. The van der Waals surface area contributed by atoms with Gasteiger partial charge in [-0.1, -0.05) is 6.92 Å². The van der Waals surface area contributed by atoms with E-state index < -0.39 is 0 Å². The van der Waals surface area contributed by atoms with Gasteiger partial charge in [-0.2, -0.15) is 0 Å². The quantitative estimate of drug-likeness (QED) is 0.602. The van der Waals surface area contributed by atoms with Gasteiger partial charge in [-0.15, -0.1) is 0 Å². The van der Waals surface area contributed by atoms with Crippen LogP contribution in [0.2, 0.25) is 0 Å². The van der Waals surface area contributed by atoms with E-state index in [1.165, 1.54) is 6.42 Å². The highest BCUT2D eigenvalue weighted by atomic mass is 16.3. The number of hydrogen-bond acceptors (Lipinski definition) is 2. The molecule has 0 saturated heterocycles. The second kappa shape index (κ2) is 5.07. The minimum absolute atomic E-state index is 0.00852. The lowest BCUT2D eigenvalue weighted by Gasteiger charge is -2.27. The molecule has 1 rings (SSSR count). The molecule has 3 N–H and O–H groups in total. The number of carbonyl (C=O) groups is 1. The van der Waals surface area contributed by atoms with Crippen LogP contribution >= 0.6 is 0 Å². The standard InChI is InChI=1S/C9H18N2O2/c1-2-7(6-12)10-9(13)11-8-4-3-5-8/h7-8,12H,2-6H2,1H3,(H2,10,11,13)/t7-/m1/s1. The summed E-state index contributed by atoms with van der Waals surface area (Å²) < 4.78 is 0. The zero-order valence-corrected chi connectivity index (χ0v) is 8.05. The third-order valence-corrected chi connectivity index (χ3v) is 2.49. The van der Waals surface area contributed by atoms with Gasteiger partial charge in [-0.25, -0.2) is 4.79 Å². The van der Waals surface area contributed by atoms with Crippen molar-refractivity contribution < 1.29 is 9.90 Å². The first-order valence-corrected chi connectivity index (χ1v) is 4.94. The number of nitrogens with one attached hydrogen (secondary N) is 2. The molecule has 4 heteroatoms. The SMILES string of the molecule is CC[C@H](CO)NC(=O)NC1CCC1. The van der Waals surface area contributed by atoms with Gasteiger partial charge in [-0.3, -0.25) is 0 Å². The molecule has 0 aromatic heterocycles. The number of hydrogen-bond donors (Lipinski definition) is 3. The maximum absolute atomic E-state index is 11.2. The van der Waals surface area contributed by atoms with Gasteiger partial charge < -0.3 is 15.7 Å². The zero-order valence-electron chi connectivity index (χ0n) is 8.05. The van der Waals surface area contributed by atoms with E-state index in [-0.39, 0.29) is 18.7 Å². The fourth-order valence-electron chi connectivity index (χ4n) is 1.24. The van der Waals surface area contributed by atoms with Crippen LogP contribution in [0, 0.1) is 0 Å². The minimum Gasteiger partial charge on any atom is -0.394 e. The van der Waals surface area contributed by atoms with E-state index in [9.17, 15) is 4.79 Å². The van der Waals surface area contributed by atoms with Crippen LogP contribution in [-0.4, -0.2) is 29.8 Å². The normalized spacial score (nSPS) is 18.9.